The Labute approximate surface area is 202 Å². The Morgan fingerprint density at radius 3 is 0.100 bits per heavy atom. The van der Waals surface area contributed by atoms with Gasteiger partial charge in [-0.3, -0.25) is 0 Å². The summed E-state index contributed by atoms with van der Waals surface area (Å²) in [5.41, 5.74) is 0. The molecule has 0 bridgehead atoms. The van der Waals surface area contributed by atoms with E-state index in [4.69, 9.17) is 0 Å². The van der Waals surface area contributed by atoms with Crippen LogP contribution in [-0.2, 0) is 65.7 Å². The summed E-state index contributed by atoms with van der Waals surface area (Å²) < 4.78 is 0. The molecule has 0 aromatic rings. The van der Waals surface area contributed by atoms with Gasteiger partial charge in [0.15, 0.2) is 0 Å². The fourth-order valence-electron chi connectivity index (χ4n) is 0. The van der Waals surface area contributed by atoms with Crippen molar-refractivity contribution < 1.29 is 65.7 Å². The average molecular weight is 408 g/mol. The van der Waals surface area contributed by atoms with E-state index in [1.165, 1.54) is 0 Å². The molecule has 0 fully saturated rings. The largest absolute Gasteiger partial charge is 3.00 e. The van der Waals surface area contributed by atoms with Gasteiger partial charge in [0.25, 0.3) is 0 Å². The van der Waals surface area contributed by atoms with Crippen molar-refractivity contribution in [3.05, 3.63) is 0 Å². The molecule has 0 aliphatic carbocycles. The molecule has 0 heterocycles. The van der Waals surface area contributed by atoms with Crippen LogP contribution in [0.15, 0.2) is 0 Å². The fourth-order valence-corrected chi connectivity index (χ4v) is 0. The minimum Gasteiger partial charge on any atom is -2.00 e. The van der Waals surface area contributed by atoms with E-state index in [0.717, 1.165) is 0 Å². The second-order valence-corrected chi connectivity index (χ2v) is 0. The van der Waals surface area contributed by atoms with Crippen LogP contribution in [0.1, 0.15) is 0 Å². The molecule has 0 saturated heterocycles. The quantitative estimate of drug-likeness (QED) is 0.342. The van der Waals surface area contributed by atoms with Crippen LogP contribution in [0.4, 0.5) is 0 Å². The molecule has 0 radical (unpaired) electrons. The van der Waals surface area contributed by atoms with Gasteiger partial charge in [-0.05, 0) is 0 Å². The maximum absolute atomic E-state index is 0. The first-order chi connectivity index (χ1) is 0. The number of hydrogen-bond donors (Lipinski definition) is 0. The Morgan fingerprint density at radius 1 is 0.100 bits per heavy atom. The second kappa shape index (κ2) is 756. The van der Waals surface area contributed by atoms with Gasteiger partial charge < -0.3 is 65.7 Å². The van der Waals surface area contributed by atoms with E-state index in [1.54, 1.807) is 0 Å². The molecule has 0 N–H and O–H groups in total. The first-order valence-corrected chi connectivity index (χ1v) is 0. The Kier molecular flexibility index (Phi) is 32700. The van der Waals surface area contributed by atoms with Crippen molar-refractivity contribution in [1.82, 2.24) is 0 Å². The third kappa shape index (κ3) is 658. The monoisotopic (exact) mass is 408 g/mol. The molecule has 96 valence electrons. The molecular weight excluding hydrogens is 408 g/mol. The van der Waals surface area contributed by atoms with Gasteiger partial charge in [0.05, 0.1) is 0 Å². The third-order valence-corrected chi connectivity index (χ3v) is 0. The summed E-state index contributed by atoms with van der Waals surface area (Å²) >= 11 is 0. The van der Waals surface area contributed by atoms with Crippen LogP contribution in [0, 0.1) is 0 Å². The fraction of sp³-hybridized carbons (Fsp3) is 0. The molecule has 0 amide bonds. The maximum Gasteiger partial charge on any atom is 3.00 e. The van der Waals surface area contributed by atoms with Crippen molar-refractivity contribution in [2.45, 2.75) is 0 Å². The predicted molar refractivity (Wildman–Crippen MR) is 54.3 cm³/mol. The molecule has 20 heavy (non-hydrogen) atoms. The van der Waals surface area contributed by atoms with Crippen LogP contribution >= 0.6 is 0 Å². The molecule has 0 aliphatic heterocycles. The Morgan fingerprint density at radius 2 is 0.100 bits per heavy atom. The zero-order valence-electron chi connectivity index (χ0n) is 9.52. The van der Waals surface area contributed by atoms with Crippen LogP contribution < -0.4 is 0 Å². The standard InChI is InChI=1S/8Al.12O/q8*+3;12*-2. The summed E-state index contributed by atoms with van der Waals surface area (Å²) in [5, 5.41) is 0. The van der Waals surface area contributed by atoms with Crippen LogP contribution in [-0.4, -0.2) is 139 Å². The molecule has 0 rings (SSSR count). The first kappa shape index (κ1) is 864. The van der Waals surface area contributed by atoms with Gasteiger partial charge in [-0.1, -0.05) is 0 Å². The Bertz CT molecular complexity index is 19.4. The molecule has 0 unspecified atom stereocenters. The summed E-state index contributed by atoms with van der Waals surface area (Å²) in [5.74, 6) is 0. The van der Waals surface area contributed by atoms with Gasteiger partial charge in [-0.25, -0.2) is 0 Å². The third-order valence-electron chi connectivity index (χ3n) is 0. The van der Waals surface area contributed by atoms with Crippen molar-refractivity contribution in [3.8, 4) is 0 Å². The molecule has 0 atom stereocenters. The molecular formula is Al8O12. The van der Waals surface area contributed by atoms with Crippen molar-refractivity contribution in [3.63, 3.8) is 0 Å². The Hall–Kier alpha value is 3.78. The van der Waals surface area contributed by atoms with Crippen molar-refractivity contribution in [2.75, 3.05) is 0 Å². The van der Waals surface area contributed by atoms with E-state index in [2.05, 4.69) is 0 Å². The smallest absolute Gasteiger partial charge is 2.00 e. The van der Waals surface area contributed by atoms with Gasteiger partial charge in [0.2, 0.25) is 0 Å². The normalized spacial score (nSPS) is 0. The van der Waals surface area contributed by atoms with E-state index in [1.807, 2.05) is 0 Å². The second-order valence-electron chi connectivity index (χ2n) is 0. The van der Waals surface area contributed by atoms with Crippen LogP contribution in [0.3, 0.4) is 0 Å². The minimum absolute atomic E-state index is 0. The molecule has 0 aromatic heterocycles. The van der Waals surface area contributed by atoms with Crippen molar-refractivity contribution in [2.24, 2.45) is 0 Å². The van der Waals surface area contributed by atoms with Gasteiger partial charge in [0.1, 0.15) is 0 Å². The summed E-state index contributed by atoms with van der Waals surface area (Å²) in [6, 6.07) is 0. The topological polar surface area (TPSA) is 342 Å². The average Bonchev–Trinajstić information content (AvgIpc) is 0. The molecule has 12 nitrogen and oxygen atoms in total. The number of hydrogen-bond acceptors (Lipinski definition) is 0. The molecule has 0 spiro atoms. The van der Waals surface area contributed by atoms with Crippen molar-refractivity contribution in [1.29, 1.82) is 0 Å². The predicted octanol–water partition coefficient (Wildman–Crippen LogP) is -4.47. The number of rotatable bonds is 0. The summed E-state index contributed by atoms with van der Waals surface area (Å²) in [6.45, 7) is 0. The molecule has 20 heteroatoms. The van der Waals surface area contributed by atoms with Crippen LogP contribution in [0.25, 0.3) is 0 Å². The minimum atomic E-state index is 0. The van der Waals surface area contributed by atoms with E-state index in [0.29, 0.717) is 0 Å². The summed E-state index contributed by atoms with van der Waals surface area (Å²) in [7, 11) is 0. The van der Waals surface area contributed by atoms with E-state index >= 15 is 0 Å². The van der Waals surface area contributed by atoms with E-state index in [9.17, 15) is 0 Å². The maximum atomic E-state index is 0. The van der Waals surface area contributed by atoms with Gasteiger partial charge in [-0.2, -0.15) is 0 Å². The molecule has 0 aromatic carbocycles. The summed E-state index contributed by atoms with van der Waals surface area (Å²) in [4.78, 5) is 0. The summed E-state index contributed by atoms with van der Waals surface area (Å²) in [6.07, 6.45) is 0. The van der Waals surface area contributed by atoms with Crippen molar-refractivity contribution >= 4 is 139 Å². The zero-order valence-corrected chi connectivity index (χ0v) is 18.8. The Balaban J connectivity index is 0. The van der Waals surface area contributed by atoms with Crippen LogP contribution in [0.5, 0.6) is 0 Å². The SMILES string of the molecule is [Al+3].[Al+3].[Al+3].[Al+3].[Al+3].[Al+3].[Al+3].[Al+3].[O-2].[O-2].[O-2].[O-2].[O-2].[O-2].[O-2].[O-2].[O-2].[O-2].[O-2].[O-2]. The zero-order chi connectivity index (χ0) is 0. The molecule has 0 saturated carbocycles. The first-order valence-electron chi connectivity index (χ1n) is 0. The van der Waals surface area contributed by atoms with E-state index in [-0.39, 0.29) is 205 Å². The van der Waals surface area contributed by atoms with Gasteiger partial charge >= 0.3 is 139 Å². The molecule has 0 aliphatic rings. The van der Waals surface area contributed by atoms with Gasteiger partial charge in [-0.15, -0.1) is 0 Å². The van der Waals surface area contributed by atoms with Crippen LogP contribution in [0.2, 0.25) is 0 Å². The van der Waals surface area contributed by atoms with Gasteiger partial charge in [0, 0.05) is 0 Å². The van der Waals surface area contributed by atoms with E-state index < -0.39 is 0 Å².